The molecule has 136 valence electrons. The Morgan fingerprint density at radius 2 is 1.78 bits per heavy atom. The van der Waals surface area contributed by atoms with Crippen molar-refractivity contribution in [3.05, 3.63) is 84.1 Å². The summed E-state index contributed by atoms with van der Waals surface area (Å²) in [6.07, 6.45) is 10.6. The van der Waals surface area contributed by atoms with Crippen LogP contribution in [-0.2, 0) is 0 Å². The molecule has 0 amide bonds. The van der Waals surface area contributed by atoms with Crippen molar-refractivity contribution < 1.29 is 0 Å². The summed E-state index contributed by atoms with van der Waals surface area (Å²) in [6, 6.07) is 14.3. The number of allylic oxidation sites excluding steroid dienone is 3. The molecule has 1 heterocycles. The van der Waals surface area contributed by atoms with Crippen molar-refractivity contribution in [1.29, 1.82) is 0 Å². The Bertz CT molecular complexity index is 941. The maximum Gasteiger partial charge on any atom is 2.00 e. The average molecular weight is 450 g/mol. The zero-order chi connectivity index (χ0) is 18.0. The van der Waals surface area contributed by atoms with Gasteiger partial charge in [0.2, 0.25) is 0 Å². The van der Waals surface area contributed by atoms with Crippen LogP contribution in [0.4, 0.5) is 11.4 Å². The third-order valence-corrected chi connectivity index (χ3v) is 4.49. The van der Waals surface area contributed by atoms with E-state index in [1.807, 2.05) is 37.3 Å². The third kappa shape index (κ3) is 6.48. The molecule has 2 aromatic rings. The number of nitrogens with two attached hydrogens (primary N) is 1. The third-order valence-electron chi connectivity index (χ3n) is 3.78. The van der Waals surface area contributed by atoms with E-state index in [9.17, 15) is 0 Å². The summed E-state index contributed by atoms with van der Waals surface area (Å²) in [5.41, 5.74) is 13.5. The maximum absolute atomic E-state index is 6.53. The predicted molar refractivity (Wildman–Crippen MR) is 126 cm³/mol. The molecule has 2 nitrogen and oxygen atoms in total. The van der Waals surface area contributed by atoms with Crippen LogP contribution in [0.3, 0.4) is 0 Å². The fraction of sp³-hybridized carbons (Fsp3) is 0.174. The monoisotopic (exact) mass is 450 g/mol. The Morgan fingerprint density at radius 3 is 2.41 bits per heavy atom. The normalized spacial score (nSPS) is 13.0. The second-order valence-electron chi connectivity index (χ2n) is 6.79. The predicted octanol–water partition coefficient (Wildman–Crippen LogP) is 5.81. The standard InChI is InChI=1S/C22H23N2S.CH3.Sr/c1-5-7-19(17-10-11-20-21(15-17)24-20)22(23)18-9-6-8-16(14-18)12-13-25(2,3)4;;/h5-11,14-15H,23H2,1-4H3;1H3;/q2*-1;+2/b7-5-,22-19+;;. The molecule has 0 spiro atoms. The minimum Gasteiger partial charge on any atom is -0.660 e. The first-order valence-corrected chi connectivity index (χ1v) is 11.0. The maximum atomic E-state index is 6.53. The van der Waals surface area contributed by atoms with Crippen LogP contribution in [0.25, 0.3) is 16.6 Å². The topological polar surface area (TPSA) is 40.1 Å². The van der Waals surface area contributed by atoms with Crippen molar-refractivity contribution in [2.24, 2.45) is 5.73 Å². The minimum absolute atomic E-state index is 0. The van der Waals surface area contributed by atoms with Crippen molar-refractivity contribution in [3.8, 4) is 11.2 Å². The van der Waals surface area contributed by atoms with Gasteiger partial charge in [-0.1, -0.05) is 48.4 Å². The Kier molecular flexibility index (Phi) is 8.79. The van der Waals surface area contributed by atoms with E-state index in [4.69, 9.17) is 5.73 Å². The van der Waals surface area contributed by atoms with Gasteiger partial charge < -0.3 is 18.5 Å². The molecule has 0 atom stereocenters. The summed E-state index contributed by atoms with van der Waals surface area (Å²) < 4.78 is 0. The van der Waals surface area contributed by atoms with E-state index >= 15 is 0 Å². The molecule has 0 aromatic heterocycles. The van der Waals surface area contributed by atoms with E-state index in [-0.39, 0.29) is 52.9 Å². The first-order chi connectivity index (χ1) is 11.9. The second-order valence-corrected chi connectivity index (χ2v) is 10.7. The number of hydrogen-bond acceptors (Lipinski definition) is 1. The van der Waals surface area contributed by atoms with Gasteiger partial charge in [0.15, 0.2) is 0 Å². The van der Waals surface area contributed by atoms with Gasteiger partial charge in [-0.2, -0.15) is 21.4 Å². The van der Waals surface area contributed by atoms with Crippen molar-refractivity contribution >= 4 is 78.2 Å². The molecular weight excluding hydrogens is 424 g/mol. The van der Waals surface area contributed by atoms with Gasteiger partial charge in [0, 0.05) is 16.8 Å². The fourth-order valence-electron chi connectivity index (χ4n) is 2.50. The summed E-state index contributed by atoms with van der Waals surface area (Å²) in [5, 5.41) is 7.66. The van der Waals surface area contributed by atoms with Gasteiger partial charge in [-0.15, -0.1) is 0 Å². The van der Waals surface area contributed by atoms with Gasteiger partial charge in [-0.3, -0.25) is 0 Å². The summed E-state index contributed by atoms with van der Waals surface area (Å²) in [6.45, 7) is 2.00. The summed E-state index contributed by atoms with van der Waals surface area (Å²) in [5.74, 6) is 3.28. The SMILES string of the molecule is C/C=C\C(=C(/N)c1cccc(C#CS(C)(C)C)c1)c1ccc2c(c1)[N-]2.[CH3-].[Sr+2]. The second kappa shape index (κ2) is 9.91. The molecule has 0 unspecified atom stereocenters. The molecule has 0 aliphatic carbocycles. The zero-order valence-electron chi connectivity index (χ0n) is 16.8. The Morgan fingerprint density at radius 1 is 1.04 bits per heavy atom. The number of hydrogen-bond donors (Lipinski definition) is 1. The smallest absolute Gasteiger partial charge is 0.660 e. The molecule has 2 N–H and O–H groups in total. The number of rotatable bonds is 3. The molecule has 0 radical (unpaired) electrons. The van der Waals surface area contributed by atoms with Crippen LogP contribution in [0, 0.1) is 18.6 Å². The molecule has 3 rings (SSSR count). The van der Waals surface area contributed by atoms with Crippen molar-refractivity contribution in [1.82, 2.24) is 0 Å². The van der Waals surface area contributed by atoms with Gasteiger partial charge in [0.25, 0.3) is 0 Å². The van der Waals surface area contributed by atoms with Crippen LogP contribution in [-0.4, -0.2) is 64.2 Å². The van der Waals surface area contributed by atoms with Crippen LogP contribution >= 0.6 is 10.0 Å². The van der Waals surface area contributed by atoms with E-state index < -0.39 is 10.0 Å². The first-order valence-electron chi connectivity index (χ1n) is 8.17. The Labute approximate surface area is 202 Å². The van der Waals surface area contributed by atoms with E-state index in [1.54, 1.807) is 0 Å². The van der Waals surface area contributed by atoms with E-state index in [1.165, 1.54) is 0 Å². The van der Waals surface area contributed by atoms with Crippen LogP contribution in [0.2, 0.25) is 0 Å². The van der Waals surface area contributed by atoms with Gasteiger partial charge >= 0.3 is 45.5 Å². The summed E-state index contributed by atoms with van der Waals surface area (Å²) >= 11 is 0. The van der Waals surface area contributed by atoms with Crippen LogP contribution < -0.4 is 5.73 Å². The average Bonchev–Trinajstić information content (AvgIpc) is 3.35. The van der Waals surface area contributed by atoms with Crippen LogP contribution in [0.1, 0.15) is 23.6 Å². The molecule has 0 bridgehead atoms. The molecular formula is C23H26N2SSr. The Balaban J connectivity index is 0.00000182. The Hall–Kier alpha value is -1.09. The summed E-state index contributed by atoms with van der Waals surface area (Å²) in [4.78, 5) is 0. The van der Waals surface area contributed by atoms with E-state index in [0.717, 1.165) is 39.3 Å². The molecule has 4 heteroatoms. The van der Waals surface area contributed by atoms with Gasteiger partial charge in [0.1, 0.15) is 0 Å². The fourth-order valence-corrected chi connectivity index (χ4v) is 2.93. The largest absolute Gasteiger partial charge is 2.00 e. The van der Waals surface area contributed by atoms with E-state index in [2.05, 4.69) is 59.5 Å². The molecule has 1 aliphatic heterocycles. The zero-order valence-corrected chi connectivity index (χ0v) is 21.1. The van der Waals surface area contributed by atoms with Crippen LogP contribution in [0.15, 0.2) is 54.6 Å². The quantitative estimate of drug-likeness (QED) is 0.134. The summed E-state index contributed by atoms with van der Waals surface area (Å²) in [7, 11) is -0.848. The van der Waals surface area contributed by atoms with Crippen molar-refractivity contribution in [3.63, 3.8) is 0 Å². The van der Waals surface area contributed by atoms with Crippen molar-refractivity contribution in [2.45, 2.75) is 6.92 Å². The molecule has 1 aliphatic rings. The number of nitrogens with zero attached hydrogens (tertiary/aromatic N) is 1. The first kappa shape index (κ1) is 23.9. The van der Waals surface area contributed by atoms with Gasteiger partial charge in [-0.05, 0) is 54.2 Å². The molecule has 0 fully saturated rings. The molecule has 0 saturated carbocycles. The van der Waals surface area contributed by atoms with Crippen molar-refractivity contribution in [2.75, 3.05) is 18.8 Å². The van der Waals surface area contributed by atoms with E-state index in [0.29, 0.717) is 0 Å². The number of benzene rings is 2. The van der Waals surface area contributed by atoms with Gasteiger partial charge in [-0.25, -0.2) is 0 Å². The van der Waals surface area contributed by atoms with Gasteiger partial charge in [0.05, 0.1) is 0 Å². The van der Waals surface area contributed by atoms with Crippen LogP contribution in [0.5, 0.6) is 0 Å². The molecule has 27 heavy (non-hydrogen) atoms. The minimum atomic E-state index is -0.848. The molecule has 0 saturated heterocycles. The molecule has 2 aromatic carbocycles. The number of fused-ring (bicyclic) bond motifs is 1.